The molecular formula is C12H20N4. The van der Waals surface area contributed by atoms with Gasteiger partial charge in [0.05, 0.1) is 5.69 Å². The summed E-state index contributed by atoms with van der Waals surface area (Å²) in [6.07, 6.45) is 3.07. The monoisotopic (exact) mass is 220 g/mol. The Hall–Kier alpha value is -1.13. The Balaban J connectivity index is 2.10. The third-order valence-corrected chi connectivity index (χ3v) is 3.09. The zero-order valence-corrected chi connectivity index (χ0v) is 9.89. The Bertz CT molecular complexity index is 340. The standard InChI is InChI=1S/C12H20N4/c1-15-5-2-6-16(8-7-15)12-3-4-14-11(9-12)10-13/h3-4,9H,2,5-8,10,13H2,1H3. The van der Waals surface area contributed by atoms with E-state index >= 15 is 0 Å². The van der Waals surface area contributed by atoms with Crippen LogP contribution < -0.4 is 10.6 Å². The van der Waals surface area contributed by atoms with E-state index in [1.54, 1.807) is 0 Å². The zero-order valence-electron chi connectivity index (χ0n) is 9.89. The summed E-state index contributed by atoms with van der Waals surface area (Å²) in [5, 5.41) is 0. The van der Waals surface area contributed by atoms with Gasteiger partial charge < -0.3 is 15.5 Å². The van der Waals surface area contributed by atoms with Gasteiger partial charge in [0, 0.05) is 38.1 Å². The van der Waals surface area contributed by atoms with Crippen LogP contribution in [-0.2, 0) is 6.54 Å². The summed E-state index contributed by atoms with van der Waals surface area (Å²) in [4.78, 5) is 9.03. The first kappa shape index (κ1) is 11.4. The molecule has 0 bridgehead atoms. The van der Waals surface area contributed by atoms with Gasteiger partial charge in [0.2, 0.25) is 0 Å². The van der Waals surface area contributed by atoms with E-state index in [1.165, 1.54) is 18.7 Å². The molecule has 1 fully saturated rings. The molecule has 1 aliphatic heterocycles. The molecule has 1 aliphatic rings. The molecule has 4 nitrogen and oxygen atoms in total. The molecule has 0 aliphatic carbocycles. The number of rotatable bonds is 2. The number of pyridine rings is 1. The molecule has 0 saturated carbocycles. The van der Waals surface area contributed by atoms with Crippen molar-refractivity contribution in [3.05, 3.63) is 24.0 Å². The van der Waals surface area contributed by atoms with Crippen LogP contribution in [-0.4, -0.2) is 43.1 Å². The van der Waals surface area contributed by atoms with Crippen LogP contribution in [0.3, 0.4) is 0 Å². The van der Waals surface area contributed by atoms with Crippen molar-refractivity contribution in [1.29, 1.82) is 0 Å². The van der Waals surface area contributed by atoms with Gasteiger partial charge in [-0.2, -0.15) is 0 Å². The first-order valence-electron chi connectivity index (χ1n) is 5.88. The molecule has 0 atom stereocenters. The van der Waals surface area contributed by atoms with Gasteiger partial charge in [-0.3, -0.25) is 4.98 Å². The van der Waals surface area contributed by atoms with Crippen LogP contribution >= 0.6 is 0 Å². The summed E-state index contributed by atoms with van der Waals surface area (Å²) in [6, 6.07) is 4.18. The topological polar surface area (TPSA) is 45.4 Å². The minimum atomic E-state index is 0.515. The van der Waals surface area contributed by atoms with Gasteiger partial charge in [0.15, 0.2) is 0 Å². The lowest BCUT2D eigenvalue weighted by molar-refractivity contribution is 0.360. The Morgan fingerprint density at radius 3 is 3.00 bits per heavy atom. The fourth-order valence-electron chi connectivity index (χ4n) is 2.08. The van der Waals surface area contributed by atoms with Crippen LogP contribution in [0.4, 0.5) is 5.69 Å². The Kier molecular flexibility index (Phi) is 3.74. The molecule has 0 amide bonds. The molecule has 1 saturated heterocycles. The van der Waals surface area contributed by atoms with E-state index in [0.717, 1.165) is 25.3 Å². The normalized spacial score (nSPS) is 18.5. The molecule has 0 aromatic carbocycles. The Morgan fingerprint density at radius 1 is 1.31 bits per heavy atom. The van der Waals surface area contributed by atoms with Gasteiger partial charge in [0.1, 0.15) is 0 Å². The summed E-state index contributed by atoms with van der Waals surface area (Å²) in [6.45, 7) is 5.04. The number of anilines is 1. The van der Waals surface area contributed by atoms with Gasteiger partial charge in [-0.1, -0.05) is 0 Å². The lowest BCUT2D eigenvalue weighted by atomic mass is 10.2. The average Bonchev–Trinajstić information content (AvgIpc) is 2.54. The van der Waals surface area contributed by atoms with E-state index in [1.807, 2.05) is 6.20 Å². The highest BCUT2D eigenvalue weighted by Gasteiger charge is 2.12. The molecule has 2 N–H and O–H groups in total. The Labute approximate surface area is 97.1 Å². The summed E-state index contributed by atoms with van der Waals surface area (Å²) in [5.41, 5.74) is 7.83. The van der Waals surface area contributed by atoms with Crippen molar-refractivity contribution in [2.24, 2.45) is 5.73 Å². The maximum atomic E-state index is 5.61. The van der Waals surface area contributed by atoms with Gasteiger partial charge in [-0.25, -0.2) is 0 Å². The largest absolute Gasteiger partial charge is 0.370 e. The van der Waals surface area contributed by atoms with Crippen LogP contribution in [0.25, 0.3) is 0 Å². The van der Waals surface area contributed by atoms with Crippen LogP contribution in [0.1, 0.15) is 12.1 Å². The highest BCUT2D eigenvalue weighted by atomic mass is 15.2. The van der Waals surface area contributed by atoms with Crippen molar-refractivity contribution in [2.45, 2.75) is 13.0 Å². The van der Waals surface area contributed by atoms with Crippen LogP contribution in [0.5, 0.6) is 0 Å². The van der Waals surface area contributed by atoms with Gasteiger partial charge in [0.25, 0.3) is 0 Å². The fraction of sp³-hybridized carbons (Fsp3) is 0.583. The smallest absolute Gasteiger partial charge is 0.0560 e. The van der Waals surface area contributed by atoms with Gasteiger partial charge in [-0.05, 0) is 32.1 Å². The van der Waals surface area contributed by atoms with Crippen molar-refractivity contribution in [3.8, 4) is 0 Å². The second-order valence-corrected chi connectivity index (χ2v) is 4.35. The minimum absolute atomic E-state index is 0.515. The molecule has 88 valence electrons. The minimum Gasteiger partial charge on any atom is -0.370 e. The van der Waals surface area contributed by atoms with Crippen LogP contribution in [0.15, 0.2) is 18.3 Å². The molecule has 2 heterocycles. The highest BCUT2D eigenvalue weighted by molar-refractivity contribution is 5.46. The molecule has 0 unspecified atom stereocenters. The fourth-order valence-corrected chi connectivity index (χ4v) is 2.08. The van der Waals surface area contributed by atoms with E-state index < -0.39 is 0 Å². The molecule has 4 heteroatoms. The average molecular weight is 220 g/mol. The van der Waals surface area contributed by atoms with Crippen LogP contribution in [0.2, 0.25) is 0 Å². The third-order valence-electron chi connectivity index (χ3n) is 3.09. The van der Waals surface area contributed by atoms with E-state index in [9.17, 15) is 0 Å². The van der Waals surface area contributed by atoms with Crippen molar-refractivity contribution in [2.75, 3.05) is 38.1 Å². The van der Waals surface area contributed by atoms with Crippen molar-refractivity contribution in [3.63, 3.8) is 0 Å². The Morgan fingerprint density at radius 2 is 2.19 bits per heavy atom. The predicted octanol–water partition coefficient (Wildman–Crippen LogP) is 0.682. The number of likely N-dealkylation sites (N-methyl/N-ethyl adjacent to an activating group) is 1. The van der Waals surface area contributed by atoms with Gasteiger partial charge >= 0.3 is 0 Å². The number of aromatic nitrogens is 1. The molecular weight excluding hydrogens is 200 g/mol. The summed E-state index contributed by atoms with van der Waals surface area (Å²) in [5.74, 6) is 0. The second-order valence-electron chi connectivity index (χ2n) is 4.35. The number of nitrogens with two attached hydrogens (primary N) is 1. The number of hydrogen-bond donors (Lipinski definition) is 1. The first-order valence-corrected chi connectivity index (χ1v) is 5.88. The molecule has 0 spiro atoms. The lowest BCUT2D eigenvalue weighted by Gasteiger charge is -2.23. The van der Waals surface area contributed by atoms with E-state index in [0.29, 0.717) is 6.54 Å². The quantitative estimate of drug-likeness (QED) is 0.796. The summed E-state index contributed by atoms with van der Waals surface area (Å²) < 4.78 is 0. The highest BCUT2D eigenvalue weighted by Crippen LogP contribution is 2.16. The number of hydrogen-bond acceptors (Lipinski definition) is 4. The number of nitrogens with zero attached hydrogens (tertiary/aromatic N) is 3. The molecule has 2 rings (SSSR count). The molecule has 1 aromatic heterocycles. The van der Waals surface area contributed by atoms with Crippen molar-refractivity contribution < 1.29 is 0 Å². The van der Waals surface area contributed by atoms with E-state index in [-0.39, 0.29) is 0 Å². The maximum absolute atomic E-state index is 5.61. The van der Waals surface area contributed by atoms with E-state index in [4.69, 9.17) is 5.73 Å². The third kappa shape index (κ3) is 2.71. The molecule has 16 heavy (non-hydrogen) atoms. The molecule has 0 radical (unpaired) electrons. The first-order chi connectivity index (χ1) is 7.79. The lowest BCUT2D eigenvalue weighted by Crippen LogP contribution is -2.28. The summed E-state index contributed by atoms with van der Waals surface area (Å²) >= 11 is 0. The maximum Gasteiger partial charge on any atom is 0.0560 e. The summed E-state index contributed by atoms with van der Waals surface area (Å²) in [7, 11) is 2.18. The van der Waals surface area contributed by atoms with E-state index in [2.05, 4.69) is 34.0 Å². The zero-order chi connectivity index (χ0) is 11.4. The molecule has 1 aromatic rings. The van der Waals surface area contributed by atoms with Crippen molar-refractivity contribution in [1.82, 2.24) is 9.88 Å². The predicted molar refractivity (Wildman–Crippen MR) is 66.5 cm³/mol. The van der Waals surface area contributed by atoms with Crippen LogP contribution in [0, 0.1) is 0 Å². The van der Waals surface area contributed by atoms with Gasteiger partial charge in [-0.15, -0.1) is 0 Å². The SMILES string of the molecule is CN1CCCN(c2ccnc(CN)c2)CC1. The second kappa shape index (κ2) is 5.27. The van der Waals surface area contributed by atoms with Crippen molar-refractivity contribution >= 4 is 5.69 Å².